The summed E-state index contributed by atoms with van der Waals surface area (Å²) < 4.78 is 10.7. The predicted molar refractivity (Wildman–Crippen MR) is 127 cm³/mol. The fourth-order valence-corrected chi connectivity index (χ4v) is 4.31. The molecule has 10 heteroatoms. The molecule has 32 heavy (non-hydrogen) atoms. The molecule has 1 heterocycles. The highest BCUT2D eigenvalue weighted by atomic mass is 35.5. The van der Waals surface area contributed by atoms with Crippen molar-refractivity contribution in [3.05, 3.63) is 29.0 Å². The second-order valence-corrected chi connectivity index (χ2v) is 8.48. The summed E-state index contributed by atoms with van der Waals surface area (Å²) in [4.78, 5) is 24.9. The third-order valence-electron chi connectivity index (χ3n) is 5.65. The maximum Gasteiger partial charge on any atom is 0.319 e. The Kier molecular flexibility index (Phi) is 7.50. The van der Waals surface area contributed by atoms with Crippen molar-refractivity contribution >= 4 is 35.0 Å². The molecule has 9 nitrogen and oxygen atoms in total. The van der Waals surface area contributed by atoms with Crippen molar-refractivity contribution in [2.45, 2.75) is 44.7 Å². The van der Waals surface area contributed by atoms with Gasteiger partial charge in [-0.25, -0.2) is 14.8 Å². The lowest BCUT2D eigenvalue weighted by Crippen LogP contribution is -2.47. The van der Waals surface area contributed by atoms with E-state index in [1.807, 2.05) is 32.0 Å². The standard InChI is InChI=1S/C22H31ClN6O3/c1-13-25-20(12-21(26-13)28(2)3)27-14-6-8-15(9-7-14)29(22(24)30)17-10-16(23)18(31-4)11-19(17)32-5/h10-12,14-15H,6-9H2,1-5H3,(H2,24,30)(H,25,26,27). The third kappa shape index (κ3) is 5.27. The summed E-state index contributed by atoms with van der Waals surface area (Å²) in [6.45, 7) is 1.88. The van der Waals surface area contributed by atoms with Crippen molar-refractivity contribution in [3.63, 3.8) is 0 Å². The first-order chi connectivity index (χ1) is 15.2. The van der Waals surface area contributed by atoms with Crippen LogP contribution in [0.4, 0.5) is 22.1 Å². The smallest absolute Gasteiger partial charge is 0.319 e. The molecule has 0 radical (unpaired) electrons. The molecule has 1 aliphatic rings. The van der Waals surface area contributed by atoms with Crippen LogP contribution in [0, 0.1) is 6.92 Å². The number of amides is 2. The highest BCUT2D eigenvalue weighted by molar-refractivity contribution is 6.32. The molecule has 0 spiro atoms. The van der Waals surface area contributed by atoms with Crippen molar-refractivity contribution in [2.24, 2.45) is 5.73 Å². The van der Waals surface area contributed by atoms with E-state index in [0.29, 0.717) is 22.2 Å². The van der Waals surface area contributed by atoms with Gasteiger partial charge in [0.15, 0.2) is 0 Å². The summed E-state index contributed by atoms with van der Waals surface area (Å²) in [6.07, 6.45) is 3.28. The number of benzene rings is 1. The Morgan fingerprint density at radius 1 is 1.09 bits per heavy atom. The van der Waals surface area contributed by atoms with E-state index in [1.165, 1.54) is 14.2 Å². The van der Waals surface area contributed by atoms with Crippen LogP contribution < -0.4 is 30.3 Å². The number of hydrogen-bond acceptors (Lipinski definition) is 7. The minimum Gasteiger partial charge on any atom is -0.495 e. The zero-order chi connectivity index (χ0) is 23.4. The van der Waals surface area contributed by atoms with Crippen LogP contribution in [0.15, 0.2) is 18.2 Å². The number of aromatic nitrogens is 2. The average Bonchev–Trinajstić information content (AvgIpc) is 2.74. The van der Waals surface area contributed by atoms with E-state index in [-0.39, 0.29) is 12.1 Å². The average molecular weight is 463 g/mol. The van der Waals surface area contributed by atoms with Gasteiger partial charge >= 0.3 is 6.03 Å². The number of ether oxygens (including phenoxy) is 2. The number of nitrogens with zero attached hydrogens (tertiary/aromatic N) is 4. The summed E-state index contributed by atoms with van der Waals surface area (Å²) in [7, 11) is 6.97. The minimum absolute atomic E-state index is 0.0617. The molecular weight excluding hydrogens is 432 g/mol. The Balaban J connectivity index is 1.74. The van der Waals surface area contributed by atoms with Crippen molar-refractivity contribution in [2.75, 3.05) is 43.4 Å². The maximum absolute atomic E-state index is 12.4. The van der Waals surface area contributed by atoms with Crippen LogP contribution in [0.5, 0.6) is 11.5 Å². The van der Waals surface area contributed by atoms with E-state index in [2.05, 4.69) is 15.3 Å². The van der Waals surface area contributed by atoms with Gasteiger partial charge in [0.2, 0.25) is 0 Å². The number of carbonyl (C=O) groups is 1. The van der Waals surface area contributed by atoms with E-state index < -0.39 is 6.03 Å². The Labute approximate surface area is 193 Å². The first kappa shape index (κ1) is 23.7. The predicted octanol–water partition coefficient (Wildman–Crippen LogP) is 3.83. The van der Waals surface area contributed by atoms with Crippen LogP contribution in [0.2, 0.25) is 5.02 Å². The van der Waals surface area contributed by atoms with E-state index in [4.69, 9.17) is 26.8 Å². The molecule has 0 saturated heterocycles. The van der Waals surface area contributed by atoms with Gasteiger partial charge in [-0.15, -0.1) is 0 Å². The Morgan fingerprint density at radius 2 is 1.75 bits per heavy atom. The van der Waals surface area contributed by atoms with Gasteiger partial charge in [-0.2, -0.15) is 0 Å². The van der Waals surface area contributed by atoms with Crippen molar-refractivity contribution in [1.29, 1.82) is 0 Å². The number of anilines is 3. The number of hydrogen-bond donors (Lipinski definition) is 2. The highest BCUT2D eigenvalue weighted by Crippen LogP contribution is 2.40. The highest BCUT2D eigenvalue weighted by Gasteiger charge is 2.31. The summed E-state index contributed by atoms with van der Waals surface area (Å²) in [5.41, 5.74) is 6.33. The number of methoxy groups -OCH3 is 2. The van der Waals surface area contributed by atoms with Gasteiger partial charge in [0.05, 0.1) is 24.9 Å². The topological polar surface area (TPSA) is 106 Å². The number of aryl methyl sites for hydroxylation is 1. The molecule has 174 valence electrons. The Hall–Kier alpha value is -2.94. The van der Waals surface area contributed by atoms with Crippen LogP contribution in [0.3, 0.4) is 0 Å². The zero-order valence-corrected chi connectivity index (χ0v) is 19.9. The molecule has 1 aliphatic carbocycles. The van der Waals surface area contributed by atoms with E-state index in [9.17, 15) is 4.79 Å². The second kappa shape index (κ2) is 10.1. The number of primary amides is 1. The van der Waals surface area contributed by atoms with E-state index in [0.717, 1.165) is 43.1 Å². The fraction of sp³-hybridized carbons (Fsp3) is 0.500. The van der Waals surface area contributed by atoms with Gasteiger partial charge in [0.25, 0.3) is 0 Å². The molecular formula is C22H31ClN6O3. The quantitative estimate of drug-likeness (QED) is 0.644. The Bertz CT molecular complexity index is 963. The normalized spacial score (nSPS) is 18.1. The monoisotopic (exact) mass is 462 g/mol. The summed E-state index contributed by atoms with van der Waals surface area (Å²) in [6, 6.07) is 4.92. The second-order valence-electron chi connectivity index (χ2n) is 8.07. The summed E-state index contributed by atoms with van der Waals surface area (Å²) >= 11 is 6.32. The number of urea groups is 1. The minimum atomic E-state index is -0.539. The number of rotatable bonds is 7. The van der Waals surface area contributed by atoms with E-state index >= 15 is 0 Å². The van der Waals surface area contributed by atoms with Crippen molar-refractivity contribution < 1.29 is 14.3 Å². The molecule has 0 atom stereocenters. The molecule has 1 saturated carbocycles. The zero-order valence-electron chi connectivity index (χ0n) is 19.2. The summed E-state index contributed by atoms with van der Waals surface area (Å²) in [5.74, 6) is 3.34. The summed E-state index contributed by atoms with van der Waals surface area (Å²) in [5, 5.41) is 3.91. The molecule has 0 aliphatic heterocycles. The first-order valence-corrected chi connectivity index (χ1v) is 10.9. The van der Waals surface area contributed by atoms with Gasteiger partial charge in [-0.05, 0) is 38.7 Å². The van der Waals surface area contributed by atoms with Crippen LogP contribution in [-0.2, 0) is 0 Å². The van der Waals surface area contributed by atoms with Crippen LogP contribution >= 0.6 is 11.6 Å². The molecule has 2 aromatic rings. The first-order valence-electron chi connectivity index (χ1n) is 10.5. The Morgan fingerprint density at radius 3 is 2.31 bits per heavy atom. The van der Waals surface area contributed by atoms with Gasteiger partial charge < -0.3 is 25.4 Å². The van der Waals surface area contributed by atoms with Gasteiger partial charge in [0.1, 0.15) is 29.0 Å². The maximum atomic E-state index is 12.4. The van der Waals surface area contributed by atoms with Crippen molar-refractivity contribution in [3.8, 4) is 11.5 Å². The molecule has 3 N–H and O–H groups in total. The molecule has 1 fully saturated rings. The van der Waals surface area contributed by atoms with Gasteiger partial charge in [-0.1, -0.05) is 11.6 Å². The molecule has 0 bridgehead atoms. The van der Waals surface area contributed by atoms with Gasteiger partial charge in [-0.3, -0.25) is 4.90 Å². The molecule has 1 aromatic heterocycles. The molecule has 1 aromatic carbocycles. The third-order valence-corrected chi connectivity index (χ3v) is 5.94. The largest absolute Gasteiger partial charge is 0.495 e. The number of carbonyl (C=O) groups excluding carboxylic acids is 1. The fourth-order valence-electron chi connectivity index (χ4n) is 4.07. The van der Waals surface area contributed by atoms with Crippen LogP contribution in [0.25, 0.3) is 0 Å². The van der Waals surface area contributed by atoms with Crippen molar-refractivity contribution in [1.82, 2.24) is 9.97 Å². The van der Waals surface area contributed by atoms with E-state index in [1.54, 1.807) is 17.0 Å². The molecule has 2 amide bonds. The van der Waals surface area contributed by atoms with Gasteiger partial charge in [0, 0.05) is 38.3 Å². The number of nitrogens with two attached hydrogens (primary N) is 1. The lowest BCUT2D eigenvalue weighted by Gasteiger charge is -2.37. The lowest BCUT2D eigenvalue weighted by molar-refractivity contribution is 0.248. The SMILES string of the molecule is COc1cc(OC)c(N(C(N)=O)C2CCC(Nc3cc(N(C)C)nc(C)n3)CC2)cc1Cl. The number of nitrogens with one attached hydrogen (secondary N) is 1. The number of halogens is 1. The van der Waals surface area contributed by atoms with Crippen LogP contribution in [0.1, 0.15) is 31.5 Å². The lowest BCUT2D eigenvalue weighted by atomic mass is 9.90. The molecule has 0 unspecified atom stereocenters. The van der Waals surface area contributed by atoms with Crippen LogP contribution in [-0.4, -0.2) is 56.4 Å². The molecule has 3 rings (SSSR count).